The van der Waals surface area contributed by atoms with Crippen LogP contribution < -0.4 is 14.8 Å². The summed E-state index contributed by atoms with van der Waals surface area (Å²) in [5.74, 6) is 1.19. The van der Waals surface area contributed by atoms with Crippen molar-refractivity contribution < 1.29 is 14.3 Å². The molecule has 1 heterocycles. The first-order chi connectivity index (χ1) is 12.7. The molecule has 6 nitrogen and oxygen atoms in total. The van der Waals surface area contributed by atoms with Crippen LogP contribution in [0.2, 0.25) is 0 Å². The van der Waals surface area contributed by atoms with Crippen molar-refractivity contribution in [2.24, 2.45) is 0 Å². The molecular formula is C19H19N3O3S. The van der Waals surface area contributed by atoms with Gasteiger partial charge in [0.2, 0.25) is 5.13 Å². The van der Waals surface area contributed by atoms with E-state index in [1.54, 1.807) is 7.11 Å². The summed E-state index contributed by atoms with van der Waals surface area (Å²) in [4.78, 5) is 12.5. The Labute approximate surface area is 155 Å². The lowest BCUT2D eigenvalue weighted by Crippen LogP contribution is -2.32. The van der Waals surface area contributed by atoms with E-state index in [9.17, 15) is 4.79 Å². The number of hydrogen-bond donors (Lipinski definition) is 1. The third-order valence-corrected chi connectivity index (χ3v) is 4.56. The molecule has 0 bridgehead atoms. The summed E-state index contributed by atoms with van der Waals surface area (Å²) in [6.07, 6.45) is -0.0454. The number of nitrogens with one attached hydrogen (secondary N) is 1. The monoisotopic (exact) mass is 369 g/mol. The molecule has 7 heteroatoms. The molecule has 1 amide bonds. The fourth-order valence-electron chi connectivity index (χ4n) is 2.30. The Kier molecular flexibility index (Phi) is 5.80. The standard InChI is InChI=1S/C19H19N3O3S/c1-3-16(25-15-7-5-4-6-8-15)17(23)20-19-22-21-18(26-19)13-9-11-14(24-2)12-10-13/h4-12,16H,3H2,1-2H3,(H,20,22,23). The van der Waals surface area contributed by atoms with Gasteiger partial charge < -0.3 is 9.47 Å². The number of rotatable bonds is 7. The van der Waals surface area contributed by atoms with Gasteiger partial charge in [0, 0.05) is 5.56 Å². The zero-order valence-corrected chi connectivity index (χ0v) is 15.3. The van der Waals surface area contributed by atoms with Gasteiger partial charge in [-0.25, -0.2) is 0 Å². The first-order valence-electron chi connectivity index (χ1n) is 8.20. The van der Waals surface area contributed by atoms with Crippen LogP contribution >= 0.6 is 11.3 Å². The molecule has 0 spiro atoms. The van der Waals surface area contributed by atoms with E-state index in [4.69, 9.17) is 9.47 Å². The number of aromatic nitrogens is 2. The van der Waals surface area contributed by atoms with Crippen LogP contribution in [0.5, 0.6) is 11.5 Å². The third-order valence-electron chi connectivity index (χ3n) is 3.68. The van der Waals surface area contributed by atoms with Crippen LogP contribution in [-0.4, -0.2) is 29.3 Å². The van der Waals surface area contributed by atoms with E-state index in [1.165, 1.54) is 11.3 Å². The lowest BCUT2D eigenvalue weighted by atomic mass is 10.2. The molecule has 26 heavy (non-hydrogen) atoms. The van der Waals surface area contributed by atoms with Gasteiger partial charge in [0.25, 0.3) is 5.91 Å². The third kappa shape index (κ3) is 4.37. The zero-order chi connectivity index (χ0) is 18.4. The van der Waals surface area contributed by atoms with E-state index in [1.807, 2.05) is 61.5 Å². The number of hydrogen-bond acceptors (Lipinski definition) is 6. The van der Waals surface area contributed by atoms with E-state index < -0.39 is 6.10 Å². The summed E-state index contributed by atoms with van der Waals surface area (Å²) < 4.78 is 10.9. The molecule has 1 atom stereocenters. The summed E-state index contributed by atoms with van der Waals surface area (Å²) in [6, 6.07) is 16.8. The molecule has 134 valence electrons. The molecule has 0 saturated carbocycles. The minimum Gasteiger partial charge on any atom is -0.497 e. The van der Waals surface area contributed by atoms with Crippen LogP contribution in [0.15, 0.2) is 54.6 Å². The smallest absolute Gasteiger partial charge is 0.267 e. The maximum atomic E-state index is 12.5. The molecule has 1 unspecified atom stereocenters. The van der Waals surface area contributed by atoms with Gasteiger partial charge in [-0.1, -0.05) is 36.5 Å². The summed E-state index contributed by atoms with van der Waals surface area (Å²) in [7, 11) is 1.62. The zero-order valence-electron chi connectivity index (χ0n) is 14.5. The highest BCUT2D eigenvalue weighted by Gasteiger charge is 2.20. The molecule has 2 aromatic carbocycles. The maximum Gasteiger partial charge on any atom is 0.267 e. The van der Waals surface area contributed by atoms with Gasteiger partial charge in [0.1, 0.15) is 16.5 Å². The van der Waals surface area contributed by atoms with Gasteiger partial charge >= 0.3 is 0 Å². The second-order valence-corrected chi connectivity index (χ2v) is 6.44. The van der Waals surface area contributed by atoms with Gasteiger partial charge in [-0.15, -0.1) is 10.2 Å². The van der Waals surface area contributed by atoms with Crippen molar-refractivity contribution in [3.8, 4) is 22.1 Å². The van der Waals surface area contributed by atoms with E-state index >= 15 is 0 Å². The average Bonchev–Trinajstić information content (AvgIpc) is 3.15. The minimum absolute atomic E-state index is 0.242. The number of benzene rings is 2. The van der Waals surface area contributed by atoms with Crippen molar-refractivity contribution in [3.63, 3.8) is 0 Å². The molecule has 3 aromatic rings. The number of carbonyl (C=O) groups is 1. The van der Waals surface area contributed by atoms with Gasteiger partial charge in [0.15, 0.2) is 6.10 Å². The SMILES string of the molecule is CCC(Oc1ccccc1)C(=O)Nc1nnc(-c2ccc(OC)cc2)s1. The normalized spacial score (nSPS) is 11.6. The van der Waals surface area contributed by atoms with Crippen LogP contribution in [0.1, 0.15) is 13.3 Å². The van der Waals surface area contributed by atoms with Gasteiger partial charge in [-0.05, 0) is 42.8 Å². The van der Waals surface area contributed by atoms with Crippen molar-refractivity contribution in [2.45, 2.75) is 19.4 Å². The van der Waals surface area contributed by atoms with Gasteiger partial charge in [0.05, 0.1) is 7.11 Å². The van der Waals surface area contributed by atoms with E-state index in [0.717, 1.165) is 16.3 Å². The Hall–Kier alpha value is -2.93. The number of carbonyl (C=O) groups excluding carboxylic acids is 1. The number of anilines is 1. The van der Waals surface area contributed by atoms with Crippen LogP contribution in [0.25, 0.3) is 10.6 Å². The highest BCUT2D eigenvalue weighted by atomic mass is 32.1. The molecule has 0 aliphatic rings. The number of methoxy groups -OCH3 is 1. The van der Waals surface area contributed by atoms with Crippen LogP contribution in [-0.2, 0) is 4.79 Å². The molecule has 3 rings (SSSR count). The highest BCUT2D eigenvalue weighted by Crippen LogP contribution is 2.28. The van der Waals surface area contributed by atoms with Crippen molar-refractivity contribution >= 4 is 22.4 Å². The fraction of sp³-hybridized carbons (Fsp3) is 0.211. The quantitative estimate of drug-likeness (QED) is 0.681. The number of ether oxygens (including phenoxy) is 2. The molecule has 0 saturated heterocycles. The number of amides is 1. The van der Waals surface area contributed by atoms with Crippen LogP contribution in [0.3, 0.4) is 0 Å². The summed E-state index contributed by atoms with van der Waals surface area (Å²) in [5.41, 5.74) is 0.913. The lowest BCUT2D eigenvalue weighted by molar-refractivity contribution is -0.122. The Balaban J connectivity index is 1.66. The molecule has 0 aliphatic carbocycles. The fourth-order valence-corrected chi connectivity index (χ4v) is 3.05. The molecule has 1 aromatic heterocycles. The topological polar surface area (TPSA) is 73.3 Å². The van der Waals surface area contributed by atoms with Crippen molar-refractivity contribution in [3.05, 3.63) is 54.6 Å². The first-order valence-corrected chi connectivity index (χ1v) is 9.01. The Morgan fingerprint density at radius 2 is 1.81 bits per heavy atom. The predicted molar refractivity (Wildman–Crippen MR) is 102 cm³/mol. The van der Waals surface area contributed by atoms with Gasteiger partial charge in [-0.3, -0.25) is 10.1 Å². The van der Waals surface area contributed by atoms with Crippen molar-refractivity contribution in [2.75, 3.05) is 12.4 Å². The second kappa shape index (κ2) is 8.44. The maximum absolute atomic E-state index is 12.5. The summed E-state index contributed by atoms with van der Waals surface area (Å²) >= 11 is 1.31. The molecule has 1 N–H and O–H groups in total. The minimum atomic E-state index is -0.592. The van der Waals surface area contributed by atoms with Gasteiger partial charge in [-0.2, -0.15) is 0 Å². The Morgan fingerprint density at radius 3 is 2.46 bits per heavy atom. The number of para-hydroxylation sites is 1. The first kappa shape index (κ1) is 17.9. The molecule has 0 radical (unpaired) electrons. The molecular weight excluding hydrogens is 350 g/mol. The highest BCUT2D eigenvalue weighted by molar-refractivity contribution is 7.18. The van der Waals surface area contributed by atoms with Crippen molar-refractivity contribution in [1.29, 1.82) is 0 Å². The van der Waals surface area contributed by atoms with E-state index in [-0.39, 0.29) is 5.91 Å². The largest absolute Gasteiger partial charge is 0.497 e. The molecule has 0 fully saturated rings. The van der Waals surface area contributed by atoms with Crippen molar-refractivity contribution in [1.82, 2.24) is 10.2 Å². The molecule has 0 aliphatic heterocycles. The van der Waals surface area contributed by atoms with E-state index in [0.29, 0.717) is 17.3 Å². The van der Waals surface area contributed by atoms with Crippen LogP contribution in [0, 0.1) is 0 Å². The Bertz CT molecular complexity index is 850. The Morgan fingerprint density at radius 1 is 1.08 bits per heavy atom. The predicted octanol–water partition coefficient (Wildman–Crippen LogP) is 4.01. The lowest BCUT2D eigenvalue weighted by Gasteiger charge is -2.16. The second-order valence-electron chi connectivity index (χ2n) is 5.46. The van der Waals surface area contributed by atoms with Crippen LogP contribution in [0.4, 0.5) is 5.13 Å². The summed E-state index contributed by atoms with van der Waals surface area (Å²) in [6.45, 7) is 1.90. The average molecular weight is 369 g/mol. The van der Waals surface area contributed by atoms with E-state index in [2.05, 4.69) is 15.5 Å². The summed E-state index contributed by atoms with van der Waals surface area (Å²) in [5, 5.41) is 12.1. The number of nitrogens with zero attached hydrogens (tertiary/aromatic N) is 2.